The summed E-state index contributed by atoms with van der Waals surface area (Å²) >= 11 is 0. The summed E-state index contributed by atoms with van der Waals surface area (Å²) < 4.78 is 0. The van der Waals surface area contributed by atoms with E-state index in [-0.39, 0.29) is 23.7 Å². The molecule has 3 unspecified atom stereocenters. The molecule has 2 N–H and O–H groups in total. The molecule has 0 radical (unpaired) electrons. The second-order valence-electron chi connectivity index (χ2n) is 6.62. The molecule has 3 nitrogen and oxygen atoms in total. The first-order valence-electron chi connectivity index (χ1n) is 7.62. The number of amides is 1. The van der Waals surface area contributed by atoms with Gasteiger partial charge in [0.1, 0.15) is 0 Å². The number of piperidine rings is 1. The Morgan fingerprint density at radius 3 is 2.68 bits per heavy atom. The number of halogens is 1. The highest BCUT2D eigenvalue weighted by molar-refractivity contribution is 5.85. The third-order valence-corrected chi connectivity index (χ3v) is 4.74. The Hall–Kier alpha value is -0.280. The van der Waals surface area contributed by atoms with Gasteiger partial charge in [-0.3, -0.25) is 4.79 Å². The molecular weight excluding hydrogens is 260 g/mol. The zero-order valence-corrected chi connectivity index (χ0v) is 13.2. The first-order valence-corrected chi connectivity index (χ1v) is 7.62. The molecule has 2 rings (SSSR count). The van der Waals surface area contributed by atoms with Crippen molar-refractivity contribution < 1.29 is 4.79 Å². The number of rotatable bonds is 2. The molecule has 1 aliphatic carbocycles. The maximum absolute atomic E-state index is 12.4. The van der Waals surface area contributed by atoms with Crippen LogP contribution in [0.25, 0.3) is 0 Å². The molecule has 1 saturated heterocycles. The standard InChI is InChI=1S/C15H28N2O.ClH/c1-12-5-3-6-13(8-7-12)17-14(18)15(2)9-4-10-16-11-15;/h12-13,16H,3-11H2,1-2H3,(H,17,18);1H. The van der Waals surface area contributed by atoms with Crippen molar-refractivity contribution >= 4 is 18.3 Å². The number of nitrogens with one attached hydrogen (secondary N) is 2. The normalized spacial score (nSPS) is 35.9. The van der Waals surface area contributed by atoms with Crippen LogP contribution in [0.4, 0.5) is 0 Å². The lowest BCUT2D eigenvalue weighted by Gasteiger charge is -2.34. The van der Waals surface area contributed by atoms with Gasteiger partial charge in [-0.05, 0) is 51.5 Å². The molecule has 1 heterocycles. The van der Waals surface area contributed by atoms with Crippen LogP contribution in [0.15, 0.2) is 0 Å². The second-order valence-corrected chi connectivity index (χ2v) is 6.62. The van der Waals surface area contributed by atoms with Crippen molar-refractivity contribution in [2.24, 2.45) is 11.3 Å². The summed E-state index contributed by atoms with van der Waals surface area (Å²) in [6.45, 7) is 6.33. The predicted molar refractivity (Wildman–Crippen MR) is 81.6 cm³/mol. The molecule has 2 aliphatic rings. The van der Waals surface area contributed by atoms with Crippen molar-refractivity contribution in [3.05, 3.63) is 0 Å². The van der Waals surface area contributed by atoms with E-state index in [2.05, 4.69) is 24.5 Å². The van der Waals surface area contributed by atoms with Gasteiger partial charge in [0.05, 0.1) is 5.41 Å². The highest BCUT2D eigenvalue weighted by atomic mass is 35.5. The average molecular weight is 289 g/mol. The van der Waals surface area contributed by atoms with Crippen molar-refractivity contribution in [3.63, 3.8) is 0 Å². The first-order chi connectivity index (χ1) is 8.60. The lowest BCUT2D eigenvalue weighted by molar-refractivity contribution is -0.131. The molecule has 19 heavy (non-hydrogen) atoms. The molecule has 1 aliphatic heterocycles. The van der Waals surface area contributed by atoms with Gasteiger partial charge in [-0.25, -0.2) is 0 Å². The van der Waals surface area contributed by atoms with E-state index in [4.69, 9.17) is 0 Å². The van der Waals surface area contributed by atoms with Crippen molar-refractivity contribution in [2.45, 2.75) is 64.8 Å². The van der Waals surface area contributed by atoms with Crippen molar-refractivity contribution in [3.8, 4) is 0 Å². The molecule has 0 bridgehead atoms. The van der Waals surface area contributed by atoms with Crippen LogP contribution in [-0.4, -0.2) is 25.0 Å². The van der Waals surface area contributed by atoms with Crippen LogP contribution < -0.4 is 10.6 Å². The topological polar surface area (TPSA) is 41.1 Å². The van der Waals surface area contributed by atoms with E-state index in [1.54, 1.807) is 0 Å². The largest absolute Gasteiger partial charge is 0.353 e. The van der Waals surface area contributed by atoms with Crippen molar-refractivity contribution in [1.29, 1.82) is 0 Å². The lowest BCUT2D eigenvalue weighted by Crippen LogP contribution is -2.51. The summed E-state index contributed by atoms with van der Waals surface area (Å²) in [5.74, 6) is 1.10. The Morgan fingerprint density at radius 2 is 2.00 bits per heavy atom. The van der Waals surface area contributed by atoms with Crippen LogP contribution in [0.2, 0.25) is 0 Å². The van der Waals surface area contributed by atoms with Gasteiger partial charge in [0.25, 0.3) is 0 Å². The van der Waals surface area contributed by atoms with Crippen LogP contribution in [0.3, 0.4) is 0 Å². The fraction of sp³-hybridized carbons (Fsp3) is 0.933. The minimum atomic E-state index is -0.184. The highest BCUT2D eigenvalue weighted by Crippen LogP contribution is 2.27. The molecule has 3 atom stereocenters. The third kappa shape index (κ3) is 4.64. The number of carbonyl (C=O) groups excluding carboxylic acids is 1. The molecule has 0 aromatic carbocycles. The van der Waals surface area contributed by atoms with Gasteiger partial charge in [-0.1, -0.05) is 19.8 Å². The zero-order valence-electron chi connectivity index (χ0n) is 12.3. The predicted octanol–water partition coefficient (Wildman–Crippen LogP) is 2.88. The van der Waals surface area contributed by atoms with Gasteiger partial charge in [0.15, 0.2) is 0 Å². The lowest BCUT2D eigenvalue weighted by atomic mass is 9.81. The SMILES string of the molecule is CC1CCCC(NC(=O)C2(C)CCCNC2)CC1.Cl. The summed E-state index contributed by atoms with van der Waals surface area (Å²) in [5, 5.41) is 6.66. The van der Waals surface area contributed by atoms with Crippen LogP contribution in [-0.2, 0) is 4.79 Å². The molecule has 0 aromatic heterocycles. The van der Waals surface area contributed by atoms with E-state index in [1.165, 1.54) is 25.7 Å². The van der Waals surface area contributed by atoms with E-state index < -0.39 is 0 Å². The van der Waals surface area contributed by atoms with Crippen LogP contribution in [0, 0.1) is 11.3 Å². The Balaban J connectivity index is 0.00000180. The minimum absolute atomic E-state index is 0. The molecule has 1 amide bonds. The van der Waals surface area contributed by atoms with Crippen LogP contribution >= 0.6 is 12.4 Å². The quantitative estimate of drug-likeness (QED) is 0.767. The monoisotopic (exact) mass is 288 g/mol. The fourth-order valence-electron chi connectivity index (χ4n) is 3.24. The highest BCUT2D eigenvalue weighted by Gasteiger charge is 2.35. The number of carbonyl (C=O) groups is 1. The fourth-order valence-corrected chi connectivity index (χ4v) is 3.24. The molecule has 0 aromatic rings. The van der Waals surface area contributed by atoms with Gasteiger partial charge in [-0.15, -0.1) is 12.4 Å². The van der Waals surface area contributed by atoms with Gasteiger partial charge in [-0.2, -0.15) is 0 Å². The molecule has 2 fully saturated rings. The van der Waals surface area contributed by atoms with Gasteiger partial charge in [0, 0.05) is 12.6 Å². The first kappa shape index (κ1) is 16.8. The summed E-state index contributed by atoms with van der Waals surface area (Å²) in [5.41, 5.74) is -0.184. The Kier molecular flexibility index (Phi) is 6.61. The number of hydrogen-bond donors (Lipinski definition) is 2. The molecule has 1 saturated carbocycles. The molecule has 112 valence electrons. The summed E-state index contributed by atoms with van der Waals surface area (Å²) in [6.07, 6.45) is 8.32. The van der Waals surface area contributed by atoms with Gasteiger partial charge < -0.3 is 10.6 Å². The van der Waals surface area contributed by atoms with E-state index in [0.717, 1.165) is 38.3 Å². The Bertz CT molecular complexity index is 290. The molecule has 0 spiro atoms. The van der Waals surface area contributed by atoms with E-state index in [0.29, 0.717) is 6.04 Å². The van der Waals surface area contributed by atoms with Crippen LogP contribution in [0.5, 0.6) is 0 Å². The maximum Gasteiger partial charge on any atom is 0.227 e. The second kappa shape index (κ2) is 7.49. The number of hydrogen-bond acceptors (Lipinski definition) is 2. The van der Waals surface area contributed by atoms with Gasteiger partial charge >= 0.3 is 0 Å². The maximum atomic E-state index is 12.4. The summed E-state index contributed by atoms with van der Waals surface area (Å²) in [4.78, 5) is 12.4. The average Bonchev–Trinajstić information content (AvgIpc) is 2.55. The smallest absolute Gasteiger partial charge is 0.227 e. The zero-order chi connectivity index (χ0) is 13.0. The van der Waals surface area contributed by atoms with Crippen molar-refractivity contribution in [2.75, 3.05) is 13.1 Å². The minimum Gasteiger partial charge on any atom is -0.353 e. The molecule has 4 heteroatoms. The Labute approximate surface area is 123 Å². The van der Waals surface area contributed by atoms with Gasteiger partial charge in [0.2, 0.25) is 5.91 Å². The van der Waals surface area contributed by atoms with E-state index in [9.17, 15) is 4.79 Å². The van der Waals surface area contributed by atoms with Crippen LogP contribution in [0.1, 0.15) is 58.8 Å². The summed E-state index contributed by atoms with van der Waals surface area (Å²) in [6, 6.07) is 0.418. The summed E-state index contributed by atoms with van der Waals surface area (Å²) in [7, 11) is 0. The van der Waals surface area contributed by atoms with E-state index in [1.807, 2.05) is 0 Å². The Morgan fingerprint density at radius 1 is 1.21 bits per heavy atom. The third-order valence-electron chi connectivity index (χ3n) is 4.74. The van der Waals surface area contributed by atoms with E-state index >= 15 is 0 Å². The van der Waals surface area contributed by atoms with Crippen molar-refractivity contribution in [1.82, 2.24) is 10.6 Å². The molecular formula is C15H29ClN2O.